The topological polar surface area (TPSA) is 6.48 Å². The van der Waals surface area contributed by atoms with Crippen LogP contribution >= 0.6 is 0 Å². The summed E-state index contributed by atoms with van der Waals surface area (Å²) in [6.45, 7) is 8.60. The molecule has 0 amide bonds. The molecule has 0 radical (unpaired) electrons. The van der Waals surface area contributed by atoms with E-state index in [1.165, 1.54) is 6.07 Å². The van der Waals surface area contributed by atoms with E-state index in [0.717, 1.165) is 35.9 Å². The van der Waals surface area contributed by atoms with Crippen molar-refractivity contribution in [3.05, 3.63) is 52.9 Å². The van der Waals surface area contributed by atoms with Gasteiger partial charge in [0.25, 0.3) is 0 Å². The summed E-state index contributed by atoms with van der Waals surface area (Å²) in [5.41, 5.74) is 2.94. The van der Waals surface area contributed by atoms with Crippen LogP contribution in [0.3, 0.4) is 0 Å². The Morgan fingerprint density at radius 1 is 1.00 bits per heavy atom. The molecule has 24 heavy (non-hydrogen) atoms. The molecular weight excluding hydrogens is 306 g/mol. The van der Waals surface area contributed by atoms with Gasteiger partial charge >= 0.3 is 0 Å². The fraction of sp³-hybridized carbons (Fsp3) is 0.500. The Balaban J connectivity index is 2.07. The molecule has 0 bridgehead atoms. The second kappa shape index (κ2) is 4.62. The summed E-state index contributed by atoms with van der Waals surface area (Å²) in [6.07, 6.45) is 6.39. The zero-order valence-electron chi connectivity index (χ0n) is 15.0. The number of allylic oxidation sites excluding steroid dienone is 2. The van der Waals surface area contributed by atoms with Gasteiger partial charge in [0.1, 0.15) is 17.8 Å². The second-order valence-corrected chi connectivity index (χ2v) is 8.24. The van der Waals surface area contributed by atoms with Crippen LogP contribution in [0.25, 0.3) is 0 Å². The first-order valence-corrected chi connectivity index (χ1v) is 8.60. The third kappa shape index (κ3) is 1.69. The zero-order chi connectivity index (χ0) is 17.4. The van der Waals surface area contributed by atoms with Crippen LogP contribution in [0.1, 0.15) is 46.1 Å². The molecule has 1 atom stereocenters. The number of halogens is 2. The van der Waals surface area contributed by atoms with Gasteiger partial charge in [0.05, 0.1) is 17.1 Å². The van der Waals surface area contributed by atoms with Crippen LogP contribution in [0.5, 0.6) is 0 Å². The molecule has 1 aromatic rings. The maximum Gasteiger partial charge on any atom is 0.150 e. The first kappa shape index (κ1) is 15.7. The Labute approximate surface area is 142 Å². The quantitative estimate of drug-likeness (QED) is 0.666. The molecule has 1 aromatic carbocycles. The van der Waals surface area contributed by atoms with Crippen molar-refractivity contribution in [2.45, 2.75) is 52.1 Å². The molecule has 4 heteroatoms. The lowest BCUT2D eigenvalue weighted by molar-refractivity contribution is 0.0752. The van der Waals surface area contributed by atoms with Gasteiger partial charge in [-0.1, -0.05) is 39.8 Å². The first-order valence-electron chi connectivity index (χ1n) is 8.60. The Hall–Kier alpha value is -1.84. The molecule has 0 aromatic heterocycles. The molecule has 1 saturated heterocycles. The van der Waals surface area contributed by atoms with Gasteiger partial charge in [-0.2, -0.15) is 0 Å². The second-order valence-electron chi connectivity index (χ2n) is 8.24. The fourth-order valence-electron chi connectivity index (χ4n) is 4.64. The number of hydrogen-bond donors (Lipinski definition) is 0. The van der Waals surface area contributed by atoms with Crippen molar-refractivity contribution >= 4 is 5.69 Å². The predicted molar refractivity (Wildman–Crippen MR) is 92.6 cm³/mol. The van der Waals surface area contributed by atoms with Crippen LogP contribution in [0, 0.1) is 17.0 Å². The van der Waals surface area contributed by atoms with E-state index in [0.29, 0.717) is 5.69 Å². The van der Waals surface area contributed by atoms with E-state index < -0.39 is 11.6 Å². The minimum absolute atomic E-state index is 0.00978. The van der Waals surface area contributed by atoms with Crippen LogP contribution in [0.2, 0.25) is 0 Å². The number of anilines is 1. The number of nitrogens with zero attached hydrogens (tertiary/aromatic N) is 2. The summed E-state index contributed by atoms with van der Waals surface area (Å²) in [4.78, 5) is 4.36. The number of hydrogen-bond acceptors (Lipinski definition) is 2. The van der Waals surface area contributed by atoms with E-state index in [-0.39, 0.29) is 17.0 Å². The van der Waals surface area contributed by atoms with Gasteiger partial charge in [0.15, 0.2) is 0 Å². The van der Waals surface area contributed by atoms with Crippen LogP contribution in [-0.4, -0.2) is 18.1 Å². The van der Waals surface area contributed by atoms with Gasteiger partial charge in [-0.05, 0) is 24.5 Å². The Kier molecular flexibility index (Phi) is 3.02. The molecule has 0 spiro atoms. The van der Waals surface area contributed by atoms with Crippen LogP contribution < -0.4 is 4.90 Å². The maximum absolute atomic E-state index is 14.9. The van der Waals surface area contributed by atoms with Crippen molar-refractivity contribution in [2.24, 2.45) is 5.41 Å². The molecule has 1 fully saturated rings. The highest BCUT2D eigenvalue weighted by Gasteiger charge is 2.58. The average Bonchev–Trinajstić information content (AvgIpc) is 2.79. The molecule has 3 aliphatic rings. The third-order valence-corrected chi connectivity index (χ3v) is 6.55. The zero-order valence-corrected chi connectivity index (χ0v) is 15.0. The molecular formula is C20H24F2N2. The van der Waals surface area contributed by atoms with Gasteiger partial charge in [0.2, 0.25) is 0 Å². The third-order valence-electron chi connectivity index (χ3n) is 6.55. The van der Waals surface area contributed by atoms with Crippen LogP contribution in [0.4, 0.5) is 14.5 Å². The molecule has 4 rings (SSSR count). The first-order chi connectivity index (χ1) is 11.2. The van der Waals surface area contributed by atoms with Gasteiger partial charge < -0.3 is 9.80 Å². The summed E-state index contributed by atoms with van der Waals surface area (Å²) in [7, 11) is 2.08. The Bertz CT molecular complexity index is 789. The van der Waals surface area contributed by atoms with E-state index >= 15 is 0 Å². The Morgan fingerprint density at radius 2 is 1.62 bits per heavy atom. The standard InChI is InChI=1S/C20H24F2N2/c1-19(2)13-10-12(21)11-14(22)17(13)24-16-9-7-6-8-15(16)23(5)18(24)20(19,3)4/h8-11,18H,6-7H2,1-5H3. The highest BCUT2D eigenvalue weighted by Crippen LogP contribution is 2.59. The molecule has 2 heterocycles. The molecule has 0 saturated carbocycles. The smallest absolute Gasteiger partial charge is 0.150 e. The van der Waals surface area contributed by atoms with E-state index in [4.69, 9.17) is 0 Å². The normalized spacial score (nSPS) is 26.4. The largest absolute Gasteiger partial charge is 0.352 e. The minimum Gasteiger partial charge on any atom is -0.352 e. The monoisotopic (exact) mass is 330 g/mol. The van der Waals surface area contributed by atoms with Crippen LogP contribution in [-0.2, 0) is 5.41 Å². The van der Waals surface area contributed by atoms with Gasteiger partial charge in [-0.25, -0.2) is 8.78 Å². The predicted octanol–water partition coefficient (Wildman–Crippen LogP) is 4.92. The Morgan fingerprint density at radius 3 is 2.29 bits per heavy atom. The van der Waals surface area contributed by atoms with E-state index in [9.17, 15) is 8.78 Å². The summed E-state index contributed by atoms with van der Waals surface area (Å²) in [6, 6.07) is 2.52. The van der Waals surface area contributed by atoms with E-state index in [2.05, 4.69) is 56.7 Å². The van der Waals surface area contributed by atoms with Crippen molar-refractivity contribution in [1.82, 2.24) is 4.90 Å². The minimum atomic E-state index is -0.505. The van der Waals surface area contributed by atoms with Gasteiger partial charge in [-0.15, -0.1) is 0 Å². The van der Waals surface area contributed by atoms with E-state index in [1.54, 1.807) is 0 Å². The molecule has 1 unspecified atom stereocenters. The molecule has 1 aliphatic carbocycles. The van der Waals surface area contributed by atoms with Crippen molar-refractivity contribution in [1.29, 1.82) is 0 Å². The van der Waals surface area contributed by atoms with E-state index in [1.807, 2.05) is 0 Å². The number of fused-ring (bicyclic) bond motifs is 5. The lowest BCUT2D eigenvalue weighted by Gasteiger charge is -2.55. The van der Waals surface area contributed by atoms with Crippen molar-refractivity contribution in [2.75, 3.05) is 11.9 Å². The average molecular weight is 330 g/mol. The van der Waals surface area contributed by atoms with Crippen molar-refractivity contribution < 1.29 is 8.78 Å². The highest BCUT2D eigenvalue weighted by molar-refractivity contribution is 5.71. The highest BCUT2D eigenvalue weighted by atomic mass is 19.1. The lowest BCUT2D eigenvalue weighted by Crippen LogP contribution is -2.59. The summed E-state index contributed by atoms with van der Waals surface area (Å²) in [5.74, 6) is -0.978. The molecule has 2 nitrogen and oxygen atoms in total. The van der Waals surface area contributed by atoms with Crippen molar-refractivity contribution in [3.8, 4) is 0 Å². The SMILES string of the molecule is CN1C2=CCCC=C2N2c3c(F)cc(F)cc3C(C)(C)C(C)(C)C12. The number of likely N-dealkylation sites (N-methyl/N-ethyl adjacent to an activating group) is 1. The van der Waals surface area contributed by atoms with Gasteiger partial charge in [-0.3, -0.25) is 0 Å². The summed E-state index contributed by atoms with van der Waals surface area (Å²) < 4.78 is 28.9. The summed E-state index contributed by atoms with van der Waals surface area (Å²) in [5, 5.41) is 0. The molecule has 2 aliphatic heterocycles. The van der Waals surface area contributed by atoms with Gasteiger partial charge in [0, 0.05) is 23.9 Å². The van der Waals surface area contributed by atoms with Crippen LogP contribution in [0.15, 0.2) is 35.7 Å². The fourth-order valence-corrected chi connectivity index (χ4v) is 4.64. The molecule has 0 N–H and O–H groups in total. The number of benzene rings is 1. The molecule has 128 valence electrons. The number of rotatable bonds is 0. The maximum atomic E-state index is 14.9. The van der Waals surface area contributed by atoms with Crippen molar-refractivity contribution in [3.63, 3.8) is 0 Å². The summed E-state index contributed by atoms with van der Waals surface area (Å²) >= 11 is 0. The lowest BCUT2D eigenvalue weighted by atomic mass is 9.59.